The van der Waals surface area contributed by atoms with E-state index in [1.165, 1.54) is 49.8 Å². The monoisotopic (exact) mass is 507 g/mol. The van der Waals surface area contributed by atoms with Gasteiger partial charge < -0.3 is 23.7 Å². The Morgan fingerprint density at radius 1 is 0.528 bits per heavy atom. The van der Waals surface area contributed by atoms with E-state index >= 15 is 0 Å². The number of nitrogens with zero attached hydrogens (tertiary/aromatic N) is 1. The average molecular weight is 508 g/mol. The number of unbranched alkanes of at least 4 members (excludes halogenated alkanes) is 7. The molecule has 1 aliphatic rings. The van der Waals surface area contributed by atoms with Crippen molar-refractivity contribution in [2.45, 2.75) is 58.3 Å². The molecule has 0 aromatic heterocycles. The van der Waals surface area contributed by atoms with E-state index in [0.29, 0.717) is 64.0 Å². The molecule has 0 unspecified atom stereocenters. The highest BCUT2D eigenvalue weighted by Gasteiger charge is 2.34. The molecule has 1 aromatic rings. The summed E-state index contributed by atoms with van der Waals surface area (Å²) in [6, 6.07) is 6.86. The summed E-state index contributed by atoms with van der Waals surface area (Å²) in [6.45, 7) is 7.67. The smallest absolute Gasteiger partial charge is 0.261 e. The zero-order valence-corrected chi connectivity index (χ0v) is 22.0. The fourth-order valence-electron chi connectivity index (χ4n) is 3.92. The minimum absolute atomic E-state index is 0.236. The van der Waals surface area contributed by atoms with Crippen LogP contribution in [0.25, 0.3) is 0 Å². The molecule has 0 N–H and O–H groups in total. The molecule has 0 bridgehead atoms. The largest absolute Gasteiger partial charge is 0.379 e. The van der Waals surface area contributed by atoms with E-state index in [1.54, 1.807) is 24.3 Å². The van der Waals surface area contributed by atoms with Gasteiger partial charge >= 0.3 is 0 Å². The third kappa shape index (κ3) is 12.4. The molecule has 0 atom stereocenters. The predicted octanol–water partition coefficient (Wildman–Crippen LogP) is 4.51. The first-order valence-electron chi connectivity index (χ1n) is 13.6. The number of hydrogen-bond acceptors (Lipinski definition) is 7. The van der Waals surface area contributed by atoms with Gasteiger partial charge in [-0.2, -0.15) is 0 Å². The number of benzene rings is 1. The molecule has 204 valence electrons. The Hall–Kier alpha value is -1.84. The molecule has 0 spiro atoms. The van der Waals surface area contributed by atoms with Gasteiger partial charge in [0.25, 0.3) is 11.8 Å². The summed E-state index contributed by atoms with van der Waals surface area (Å²) in [5.41, 5.74) is 0.914. The van der Waals surface area contributed by atoms with Crippen molar-refractivity contribution < 1.29 is 33.3 Å². The second-order valence-corrected chi connectivity index (χ2v) is 8.84. The van der Waals surface area contributed by atoms with Gasteiger partial charge in [0.2, 0.25) is 0 Å². The van der Waals surface area contributed by atoms with E-state index in [4.69, 9.17) is 23.7 Å². The van der Waals surface area contributed by atoms with Crippen molar-refractivity contribution >= 4 is 11.8 Å². The van der Waals surface area contributed by atoms with Crippen LogP contribution in [-0.4, -0.2) is 89.3 Å². The second-order valence-electron chi connectivity index (χ2n) is 8.84. The maximum Gasteiger partial charge on any atom is 0.261 e. The van der Waals surface area contributed by atoms with Gasteiger partial charge in [-0.25, -0.2) is 0 Å². The van der Waals surface area contributed by atoms with Crippen molar-refractivity contribution in [3.05, 3.63) is 35.4 Å². The van der Waals surface area contributed by atoms with Crippen molar-refractivity contribution in [1.82, 2.24) is 4.90 Å². The van der Waals surface area contributed by atoms with Crippen molar-refractivity contribution in [2.75, 3.05) is 72.6 Å². The lowest BCUT2D eigenvalue weighted by Crippen LogP contribution is -2.33. The Bertz CT molecular complexity index is 693. The molecule has 8 heteroatoms. The summed E-state index contributed by atoms with van der Waals surface area (Å²) in [6.07, 6.45) is 10.5. The molecule has 2 amide bonds. The van der Waals surface area contributed by atoms with E-state index < -0.39 is 0 Å². The molecule has 0 radical (unpaired) electrons. The minimum Gasteiger partial charge on any atom is -0.379 e. The first-order chi connectivity index (χ1) is 17.8. The topological polar surface area (TPSA) is 83.5 Å². The molecule has 1 heterocycles. The number of amides is 2. The first-order valence-corrected chi connectivity index (χ1v) is 13.6. The number of ether oxygens (including phenoxy) is 5. The van der Waals surface area contributed by atoms with Gasteiger partial charge in [0.05, 0.1) is 77.1 Å². The Morgan fingerprint density at radius 2 is 0.917 bits per heavy atom. The SMILES string of the molecule is CCCCCCCCCCOCCOCCOCCOCCOCCN1C(=O)c2ccccc2C1=O. The Balaban J connectivity index is 1.26. The summed E-state index contributed by atoms with van der Waals surface area (Å²) < 4.78 is 27.5. The van der Waals surface area contributed by atoms with Crippen LogP contribution in [0.5, 0.6) is 0 Å². The van der Waals surface area contributed by atoms with Gasteiger partial charge in [0, 0.05) is 6.61 Å². The highest BCUT2D eigenvalue weighted by molar-refractivity contribution is 6.21. The zero-order chi connectivity index (χ0) is 25.7. The lowest BCUT2D eigenvalue weighted by Gasteiger charge is -2.13. The van der Waals surface area contributed by atoms with Gasteiger partial charge in [-0.15, -0.1) is 0 Å². The van der Waals surface area contributed by atoms with Crippen molar-refractivity contribution in [3.63, 3.8) is 0 Å². The van der Waals surface area contributed by atoms with Crippen LogP contribution in [0.4, 0.5) is 0 Å². The van der Waals surface area contributed by atoms with Crippen LogP contribution in [0.15, 0.2) is 24.3 Å². The van der Waals surface area contributed by atoms with Crippen LogP contribution in [0, 0.1) is 0 Å². The standard InChI is InChI=1S/C28H45NO7/c1-2-3-4-5-6-7-8-11-15-32-17-19-34-21-23-36-24-22-35-20-18-33-16-14-29-27(30)25-12-9-10-13-26(25)28(29)31/h9-10,12-13H,2-8,11,14-24H2,1H3. The number of rotatable bonds is 24. The van der Waals surface area contributed by atoms with E-state index in [0.717, 1.165) is 13.0 Å². The number of imide groups is 1. The van der Waals surface area contributed by atoms with Crippen LogP contribution in [-0.2, 0) is 23.7 Å². The van der Waals surface area contributed by atoms with Gasteiger partial charge in [-0.3, -0.25) is 14.5 Å². The third-order valence-electron chi connectivity index (χ3n) is 5.97. The zero-order valence-electron chi connectivity index (χ0n) is 22.0. The number of carbonyl (C=O) groups excluding carboxylic acids is 2. The Labute approximate surface area is 216 Å². The molecule has 1 aromatic carbocycles. The molecular weight excluding hydrogens is 462 g/mol. The fourth-order valence-corrected chi connectivity index (χ4v) is 3.92. The van der Waals surface area contributed by atoms with Crippen molar-refractivity contribution in [3.8, 4) is 0 Å². The van der Waals surface area contributed by atoms with Gasteiger partial charge in [0.1, 0.15) is 0 Å². The normalized spacial score (nSPS) is 13.1. The lowest BCUT2D eigenvalue weighted by molar-refractivity contribution is -0.0119. The Kier molecular flexibility index (Phi) is 17.1. The van der Waals surface area contributed by atoms with Crippen LogP contribution in [0.1, 0.15) is 79.0 Å². The van der Waals surface area contributed by atoms with Gasteiger partial charge in [-0.1, -0.05) is 64.0 Å². The summed E-state index contributed by atoms with van der Waals surface area (Å²) in [4.78, 5) is 25.7. The highest BCUT2D eigenvalue weighted by atomic mass is 16.6. The lowest BCUT2D eigenvalue weighted by atomic mass is 10.1. The van der Waals surface area contributed by atoms with Crippen molar-refractivity contribution in [1.29, 1.82) is 0 Å². The molecule has 36 heavy (non-hydrogen) atoms. The molecule has 0 fully saturated rings. The summed E-state index contributed by atoms with van der Waals surface area (Å²) in [5.74, 6) is -0.522. The molecule has 2 rings (SSSR count). The number of fused-ring (bicyclic) bond motifs is 1. The van der Waals surface area contributed by atoms with E-state index in [1.807, 2.05) is 0 Å². The summed E-state index contributed by atoms with van der Waals surface area (Å²) in [5, 5.41) is 0. The second kappa shape index (κ2) is 20.2. The van der Waals surface area contributed by atoms with Crippen LogP contribution in [0.3, 0.4) is 0 Å². The van der Waals surface area contributed by atoms with E-state index in [-0.39, 0.29) is 25.0 Å². The van der Waals surface area contributed by atoms with E-state index in [2.05, 4.69) is 6.92 Å². The molecule has 0 saturated carbocycles. The molecule has 0 aliphatic carbocycles. The quantitative estimate of drug-likeness (QED) is 0.150. The summed E-state index contributed by atoms with van der Waals surface area (Å²) in [7, 11) is 0. The van der Waals surface area contributed by atoms with Crippen LogP contribution < -0.4 is 0 Å². The van der Waals surface area contributed by atoms with Gasteiger partial charge in [-0.05, 0) is 18.6 Å². The number of carbonyl (C=O) groups is 2. The maximum atomic E-state index is 12.3. The number of hydrogen-bond donors (Lipinski definition) is 0. The molecular formula is C28H45NO7. The first kappa shape index (κ1) is 30.4. The molecule has 8 nitrogen and oxygen atoms in total. The van der Waals surface area contributed by atoms with Crippen LogP contribution >= 0.6 is 0 Å². The maximum absolute atomic E-state index is 12.3. The van der Waals surface area contributed by atoms with Crippen molar-refractivity contribution in [2.24, 2.45) is 0 Å². The minimum atomic E-state index is -0.261. The summed E-state index contributed by atoms with van der Waals surface area (Å²) >= 11 is 0. The molecule has 1 aliphatic heterocycles. The Morgan fingerprint density at radius 3 is 1.39 bits per heavy atom. The third-order valence-corrected chi connectivity index (χ3v) is 5.97. The van der Waals surface area contributed by atoms with Crippen LogP contribution in [0.2, 0.25) is 0 Å². The van der Waals surface area contributed by atoms with E-state index in [9.17, 15) is 9.59 Å². The highest BCUT2D eigenvalue weighted by Crippen LogP contribution is 2.21. The predicted molar refractivity (Wildman–Crippen MR) is 139 cm³/mol. The molecule has 0 saturated heterocycles. The van der Waals surface area contributed by atoms with Gasteiger partial charge in [0.15, 0.2) is 0 Å². The fraction of sp³-hybridized carbons (Fsp3) is 0.714. The average Bonchev–Trinajstić information content (AvgIpc) is 3.14.